The van der Waals surface area contributed by atoms with Crippen LogP contribution in [-0.4, -0.2) is 19.7 Å². The van der Waals surface area contributed by atoms with Gasteiger partial charge in [-0.3, -0.25) is 0 Å². The molecule has 0 unspecified atom stereocenters. The third-order valence-electron chi connectivity index (χ3n) is 3.60. The van der Waals surface area contributed by atoms with E-state index in [9.17, 15) is 0 Å². The quantitative estimate of drug-likeness (QED) is 0.882. The van der Waals surface area contributed by atoms with Crippen molar-refractivity contribution in [3.8, 4) is 0 Å². The highest BCUT2D eigenvalue weighted by Gasteiger charge is 2.15. The van der Waals surface area contributed by atoms with Crippen LogP contribution in [0.15, 0.2) is 24.3 Å². The van der Waals surface area contributed by atoms with Crippen LogP contribution in [0, 0.1) is 5.92 Å². The molecule has 0 aromatic heterocycles. The molecule has 1 aromatic rings. The largest absolute Gasteiger partial charge is 0.376 e. The van der Waals surface area contributed by atoms with Crippen LogP contribution < -0.4 is 5.32 Å². The molecule has 0 bridgehead atoms. The summed E-state index contributed by atoms with van der Waals surface area (Å²) in [6.45, 7) is 10.6. The molecular formula is C16H25NO. The fraction of sp³-hybridized carbons (Fsp3) is 0.625. The summed E-state index contributed by atoms with van der Waals surface area (Å²) < 4.78 is 5.79. The monoisotopic (exact) mass is 247 g/mol. The maximum absolute atomic E-state index is 5.79. The summed E-state index contributed by atoms with van der Waals surface area (Å²) >= 11 is 0. The van der Waals surface area contributed by atoms with Gasteiger partial charge in [0, 0.05) is 6.54 Å². The van der Waals surface area contributed by atoms with Crippen LogP contribution in [0.3, 0.4) is 0 Å². The molecule has 0 aliphatic carbocycles. The van der Waals surface area contributed by atoms with Crippen molar-refractivity contribution in [2.45, 2.75) is 39.2 Å². The summed E-state index contributed by atoms with van der Waals surface area (Å²) in [7, 11) is 0. The van der Waals surface area contributed by atoms with E-state index < -0.39 is 0 Å². The van der Waals surface area contributed by atoms with E-state index >= 15 is 0 Å². The second-order valence-electron chi connectivity index (χ2n) is 6.32. The highest BCUT2D eigenvalue weighted by Crippen LogP contribution is 2.22. The van der Waals surface area contributed by atoms with Crippen molar-refractivity contribution in [1.82, 2.24) is 5.32 Å². The molecule has 1 fully saturated rings. The van der Waals surface area contributed by atoms with Gasteiger partial charge in [0.25, 0.3) is 0 Å². The molecule has 0 amide bonds. The highest BCUT2D eigenvalue weighted by atomic mass is 16.5. The standard InChI is InChI=1S/C16H25NO/c1-16(2,3)15-6-4-13(5-7-15)11-18-12-14-8-9-17-10-14/h4-7,14,17H,8-12H2,1-3H3/t14-/m0/s1. The molecule has 1 saturated heterocycles. The van der Waals surface area contributed by atoms with E-state index in [0.29, 0.717) is 5.92 Å². The summed E-state index contributed by atoms with van der Waals surface area (Å²) in [5, 5.41) is 3.37. The lowest BCUT2D eigenvalue weighted by Crippen LogP contribution is -2.14. The molecule has 0 spiro atoms. The third kappa shape index (κ3) is 3.82. The number of benzene rings is 1. The minimum absolute atomic E-state index is 0.231. The predicted octanol–water partition coefficient (Wildman–Crippen LogP) is 3.11. The Morgan fingerprint density at radius 2 is 1.94 bits per heavy atom. The van der Waals surface area contributed by atoms with E-state index in [4.69, 9.17) is 4.74 Å². The highest BCUT2D eigenvalue weighted by molar-refractivity contribution is 5.27. The molecule has 1 aromatic carbocycles. The van der Waals surface area contributed by atoms with Crippen LogP contribution in [-0.2, 0) is 16.8 Å². The molecule has 1 atom stereocenters. The Morgan fingerprint density at radius 1 is 1.22 bits per heavy atom. The van der Waals surface area contributed by atoms with Gasteiger partial charge in [-0.1, -0.05) is 45.0 Å². The first-order valence-electron chi connectivity index (χ1n) is 6.93. The van der Waals surface area contributed by atoms with E-state index in [2.05, 4.69) is 50.4 Å². The molecule has 2 heteroatoms. The van der Waals surface area contributed by atoms with E-state index in [0.717, 1.165) is 26.3 Å². The fourth-order valence-corrected chi connectivity index (χ4v) is 2.30. The Bertz CT molecular complexity index is 358. The zero-order valence-corrected chi connectivity index (χ0v) is 11.8. The van der Waals surface area contributed by atoms with Gasteiger partial charge in [0.2, 0.25) is 0 Å². The van der Waals surface area contributed by atoms with Crippen molar-refractivity contribution < 1.29 is 4.74 Å². The Balaban J connectivity index is 1.79. The van der Waals surface area contributed by atoms with Crippen molar-refractivity contribution >= 4 is 0 Å². The molecule has 1 aliphatic heterocycles. The summed E-state index contributed by atoms with van der Waals surface area (Å²) in [6, 6.07) is 8.81. The normalized spacial score (nSPS) is 20.3. The first kappa shape index (κ1) is 13.6. The molecule has 2 rings (SSSR count). The molecule has 2 nitrogen and oxygen atoms in total. The fourth-order valence-electron chi connectivity index (χ4n) is 2.30. The molecule has 18 heavy (non-hydrogen) atoms. The van der Waals surface area contributed by atoms with Crippen molar-refractivity contribution in [3.05, 3.63) is 35.4 Å². The first-order chi connectivity index (χ1) is 8.55. The summed E-state index contributed by atoms with van der Waals surface area (Å²) in [4.78, 5) is 0. The zero-order valence-electron chi connectivity index (χ0n) is 11.8. The van der Waals surface area contributed by atoms with Crippen molar-refractivity contribution in [2.24, 2.45) is 5.92 Å². The van der Waals surface area contributed by atoms with Gasteiger partial charge in [-0.15, -0.1) is 0 Å². The van der Waals surface area contributed by atoms with Crippen LogP contribution >= 0.6 is 0 Å². The lowest BCUT2D eigenvalue weighted by molar-refractivity contribution is 0.0924. The SMILES string of the molecule is CC(C)(C)c1ccc(COC[C@H]2CCNC2)cc1. The van der Waals surface area contributed by atoms with Crippen molar-refractivity contribution in [1.29, 1.82) is 0 Å². The molecule has 100 valence electrons. The summed E-state index contributed by atoms with van der Waals surface area (Å²) in [6.07, 6.45) is 1.25. The van der Waals surface area contributed by atoms with Crippen LogP contribution in [0.25, 0.3) is 0 Å². The van der Waals surface area contributed by atoms with Crippen LogP contribution in [0.2, 0.25) is 0 Å². The maximum Gasteiger partial charge on any atom is 0.0717 e. The van der Waals surface area contributed by atoms with Gasteiger partial charge in [-0.25, -0.2) is 0 Å². The molecular weight excluding hydrogens is 222 g/mol. The molecule has 1 heterocycles. The number of hydrogen-bond donors (Lipinski definition) is 1. The predicted molar refractivity (Wildman–Crippen MR) is 75.8 cm³/mol. The van der Waals surface area contributed by atoms with Crippen LogP contribution in [0.5, 0.6) is 0 Å². The Hall–Kier alpha value is -0.860. The van der Waals surface area contributed by atoms with Crippen LogP contribution in [0.1, 0.15) is 38.3 Å². The van der Waals surface area contributed by atoms with Gasteiger partial charge >= 0.3 is 0 Å². The molecule has 1 N–H and O–H groups in total. The molecule has 0 radical (unpaired) electrons. The Kier molecular flexibility index (Phi) is 4.41. The first-order valence-corrected chi connectivity index (χ1v) is 6.93. The Morgan fingerprint density at radius 3 is 2.50 bits per heavy atom. The van der Waals surface area contributed by atoms with Crippen LogP contribution in [0.4, 0.5) is 0 Å². The van der Waals surface area contributed by atoms with Gasteiger partial charge in [0.05, 0.1) is 13.2 Å². The lowest BCUT2D eigenvalue weighted by Gasteiger charge is -2.19. The number of rotatable bonds is 4. The second-order valence-corrected chi connectivity index (χ2v) is 6.32. The van der Waals surface area contributed by atoms with Gasteiger partial charge < -0.3 is 10.1 Å². The topological polar surface area (TPSA) is 21.3 Å². The van der Waals surface area contributed by atoms with Gasteiger partial charge in [0.15, 0.2) is 0 Å². The summed E-state index contributed by atoms with van der Waals surface area (Å²) in [5.74, 6) is 0.707. The molecule has 0 saturated carbocycles. The van der Waals surface area contributed by atoms with Gasteiger partial charge in [-0.2, -0.15) is 0 Å². The van der Waals surface area contributed by atoms with E-state index in [1.807, 2.05) is 0 Å². The van der Waals surface area contributed by atoms with E-state index in [1.54, 1.807) is 0 Å². The number of ether oxygens (including phenoxy) is 1. The zero-order chi connectivity index (χ0) is 13.0. The smallest absolute Gasteiger partial charge is 0.0717 e. The maximum atomic E-state index is 5.79. The van der Waals surface area contributed by atoms with Crippen molar-refractivity contribution in [3.63, 3.8) is 0 Å². The van der Waals surface area contributed by atoms with Gasteiger partial charge in [-0.05, 0) is 35.4 Å². The lowest BCUT2D eigenvalue weighted by atomic mass is 9.87. The van der Waals surface area contributed by atoms with E-state index in [-0.39, 0.29) is 5.41 Å². The minimum Gasteiger partial charge on any atom is -0.376 e. The minimum atomic E-state index is 0.231. The van der Waals surface area contributed by atoms with Crippen molar-refractivity contribution in [2.75, 3.05) is 19.7 Å². The van der Waals surface area contributed by atoms with E-state index in [1.165, 1.54) is 17.5 Å². The summed E-state index contributed by atoms with van der Waals surface area (Å²) in [5.41, 5.74) is 2.88. The third-order valence-corrected chi connectivity index (χ3v) is 3.60. The molecule has 1 aliphatic rings. The average molecular weight is 247 g/mol. The Labute approximate surface area is 111 Å². The second kappa shape index (κ2) is 5.85. The average Bonchev–Trinajstić information content (AvgIpc) is 2.82. The van der Waals surface area contributed by atoms with Gasteiger partial charge in [0.1, 0.15) is 0 Å². The number of nitrogens with one attached hydrogen (secondary N) is 1. The number of hydrogen-bond acceptors (Lipinski definition) is 2.